The van der Waals surface area contributed by atoms with Gasteiger partial charge in [-0.05, 0) is 57.6 Å². The number of nitriles is 1. The molecule has 2 saturated heterocycles. The molecule has 0 atom stereocenters. The molecule has 204 valence electrons. The monoisotopic (exact) mass is 556 g/mol. The third-order valence-electron chi connectivity index (χ3n) is 7.78. The summed E-state index contributed by atoms with van der Waals surface area (Å²) in [6.07, 6.45) is 8.84. The van der Waals surface area contributed by atoms with Crippen LogP contribution in [0.1, 0.15) is 81.9 Å². The van der Waals surface area contributed by atoms with Gasteiger partial charge in [-0.25, -0.2) is 0 Å². The SMILES string of the molecule is CCCCn1c(N2CCC(C(=O)OCC)CC2)c(/C=C2\SC(=S)N(C3CCCC3)C2=O)c(C)c(C#N)c1=O. The van der Waals surface area contributed by atoms with Gasteiger partial charge in [-0.3, -0.25) is 23.9 Å². The lowest BCUT2D eigenvalue weighted by molar-refractivity contribution is -0.148. The number of amides is 1. The molecule has 0 N–H and O–H groups in total. The van der Waals surface area contributed by atoms with Crippen molar-refractivity contribution in [3.63, 3.8) is 0 Å². The molecular formula is C28H36N4O4S2. The summed E-state index contributed by atoms with van der Waals surface area (Å²) in [6, 6.07) is 2.26. The molecule has 38 heavy (non-hydrogen) atoms. The first kappa shape index (κ1) is 28.4. The molecule has 1 aliphatic carbocycles. The molecule has 1 aromatic rings. The Morgan fingerprint density at radius 2 is 1.87 bits per heavy atom. The van der Waals surface area contributed by atoms with Crippen molar-refractivity contribution >= 4 is 52.1 Å². The van der Waals surface area contributed by atoms with Gasteiger partial charge in [0.2, 0.25) is 0 Å². The molecule has 0 spiro atoms. The van der Waals surface area contributed by atoms with Gasteiger partial charge in [-0.1, -0.05) is 50.2 Å². The summed E-state index contributed by atoms with van der Waals surface area (Å²) in [6.45, 7) is 7.62. The van der Waals surface area contributed by atoms with Gasteiger partial charge in [0.15, 0.2) is 0 Å². The molecule has 1 saturated carbocycles. The van der Waals surface area contributed by atoms with Gasteiger partial charge >= 0.3 is 5.97 Å². The summed E-state index contributed by atoms with van der Waals surface area (Å²) >= 11 is 6.91. The van der Waals surface area contributed by atoms with Crippen LogP contribution in [0.15, 0.2) is 9.70 Å². The lowest BCUT2D eigenvalue weighted by Crippen LogP contribution is -2.41. The van der Waals surface area contributed by atoms with Gasteiger partial charge in [0.1, 0.15) is 21.8 Å². The largest absolute Gasteiger partial charge is 0.466 e. The van der Waals surface area contributed by atoms with E-state index in [1.807, 2.05) is 6.08 Å². The van der Waals surface area contributed by atoms with Gasteiger partial charge in [-0.15, -0.1) is 0 Å². The van der Waals surface area contributed by atoms with Crippen LogP contribution in [0.2, 0.25) is 0 Å². The third kappa shape index (κ3) is 5.55. The Morgan fingerprint density at radius 1 is 1.18 bits per heavy atom. The van der Waals surface area contributed by atoms with Crippen molar-refractivity contribution in [2.75, 3.05) is 24.6 Å². The third-order valence-corrected chi connectivity index (χ3v) is 9.12. The zero-order valence-corrected chi connectivity index (χ0v) is 24.1. The van der Waals surface area contributed by atoms with Gasteiger partial charge < -0.3 is 9.64 Å². The number of thioether (sulfide) groups is 1. The molecular weight excluding hydrogens is 520 g/mol. The van der Waals surface area contributed by atoms with Gasteiger partial charge in [0.05, 0.1) is 17.4 Å². The number of piperidine rings is 1. The Bertz CT molecular complexity index is 1230. The molecule has 0 aromatic carbocycles. The second-order valence-corrected chi connectivity index (χ2v) is 11.8. The van der Waals surface area contributed by atoms with Crippen LogP contribution < -0.4 is 10.5 Å². The van der Waals surface area contributed by atoms with Crippen LogP contribution in [0.5, 0.6) is 0 Å². The number of carbonyl (C=O) groups is 2. The molecule has 3 aliphatic rings. The molecule has 4 rings (SSSR count). The van der Waals surface area contributed by atoms with E-state index >= 15 is 0 Å². The number of thiocarbonyl (C=S) groups is 1. The number of anilines is 1. The van der Waals surface area contributed by atoms with Crippen LogP contribution in [0, 0.1) is 24.2 Å². The van der Waals surface area contributed by atoms with Crippen molar-refractivity contribution < 1.29 is 14.3 Å². The highest BCUT2D eigenvalue weighted by molar-refractivity contribution is 8.26. The zero-order valence-electron chi connectivity index (χ0n) is 22.5. The zero-order chi connectivity index (χ0) is 27.4. The number of hydrogen-bond donors (Lipinski definition) is 0. The molecule has 0 unspecified atom stereocenters. The first-order chi connectivity index (χ1) is 18.3. The maximum atomic E-state index is 13.5. The number of hydrogen-bond acceptors (Lipinski definition) is 8. The first-order valence-electron chi connectivity index (χ1n) is 13.7. The number of ether oxygens (including phenoxy) is 1. The van der Waals surface area contributed by atoms with Crippen LogP contribution in [0.25, 0.3) is 6.08 Å². The van der Waals surface area contributed by atoms with Crippen molar-refractivity contribution in [1.29, 1.82) is 5.26 Å². The maximum Gasteiger partial charge on any atom is 0.309 e. The predicted molar refractivity (Wildman–Crippen MR) is 154 cm³/mol. The van der Waals surface area contributed by atoms with E-state index in [9.17, 15) is 19.6 Å². The topological polar surface area (TPSA) is 95.6 Å². The van der Waals surface area contributed by atoms with Crippen molar-refractivity contribution in [1.82, 2.24) is 9.47 Å². The molecule has 10 heteroatoms. The Kier molecular flexibility index (Phi) is 9.32. The van der Waals surface area contributed by atoms with E-state index in [0.717, 1.165) is 38.5 Å². The van der Waals surface area contributed by atoms with Crippen molar-refractivity contribution in [3.05, 3.63) is 31.9 Å². The van der Waals surface area contributed by atoms with Crippen LogP contribution in [-0.4, -0.2) is 51.4 Å². The van der Waals surface area contributed by atoms with Crippen LogP contribution >= 0.6 is 24.0 Å². The fourth-order valence-corrected chi connectivity index (χ4v) is 7.07. The van der Waals surface area contributed by atoms with E-state index in [4.69, 9.17) is 17.0 Å². The van der Waals surface area contributed by atoms with Crippen molar-refractivity contribution in [3.8, 4) is 6.07 Å². The van der Waals surface area contributed by atoms with E-state index in [-0.39, 0.29) is 35.0 Å². The number of carbonyl (C=O) groups excluding carboxylic acids is 2. The fourth-order valence-electron chi connectivity index (χ4n) is 5.68. The summed E-state index contributed by atoms with van der Waals surface area (Å²) < 4.78 is 7.51. The Balaban J connectivity index is 1.78. The summed E-state index contributed by atoms with van der Waals surface area (Å²) in [5, 5.41) is 9.91. The molecule has 8 nitrogen and oxygen atoms in total. The molecule has 1 amide bonds. The second-order valence-electron chi connectivity index (χ2n) is 10.2. The number of esters is 1. The van der Waals surface area contributed by atoms with Crippen LogP contribution in [0.3, 0.4) is 0 Å². The lowest BCUT2D eigenvalue weighted by atomic mass is 9.95. The molecule has 2 aliphatic heterocycles. The van der Waals surface area contributed by atoms with Crippen molar-refractivity contribution in [2.45, 2.75) is 84.7 Å². The maximum absolute atomic E-state index is 13.5. The summed E-state index contributed by atoms with van der Waals surface area (Å²) in [4.78, 5) is 43.8. The Hall–Kier alpha value is -2.64. The quantitative estimate of drug-likeness (QED) is 0.257. The fraction of sp³-hybridized carbons (Fsp3) is 0.607. The predicted octanol–water partition coefficient (Wildman–Crippen LogP) is 4.75. The van der Waals surface area contributed by atoms with Gasteiger partial charge in [0.25, 0.3) is 11.5 Å². The summed E-state index contributed by atoms with van der Waals surface area (Å²) in [7, 11) is 0. The molecule has 1 aromatic heterocycles. The summed E-state index contributed by atoms with van der Waals surface area (Å²) in [5.41, 5.74) is 1.07. The Labute approximate surface area is 234 Å². The minimum Gasteiger partial charge on any atom is -0.466 e. The van der Waals surface area contributed by atoms with E-state index < -0.39 is 0 Å². The smallest absolute Gasteiger partial charge is 0.309 e. The Morgan fingerprint density at radius 3 is 2.47 bits per heavy atom. The molecule has 3 fully saturated rings. The number of aromatic nitrogens is 1. The summed E-state index contributed by atoms with van der Waals surface area (Å²) in [5.74, 6) is 0.270. The minimum absolute atomic E-state index is 0.0944. The van der Waals surface area contributed by atoms with E-state index in [0.29, 0.717) is 65.3 Å². The average Bonchev–Trinajstić information content (AvgIpc) is 3.52. The first-order valence-corrected chi connectivity index (χ1v) is 14.9. The second kappa shape index (κ2) is 12.5. The van der Waals surface area contributed by atoms with Gasteiger partial charge in [-0.2, -0.15) is 5.26 Å². The highest BCUT2D eigenvalue weighted by Crippen LogP contribution is 2.40. The number of rotatable bonds is 8. The minimum atomic E-state index is -0.309. The average molecular weight is 557 g/mol. The highest BCUT2D eigenvalue weighted by Gasteiger charge is 2.39. The molecule has 3 heterocycles. The normalized spacial score (nSPS) is 20.0. The van der Waals surface area contributed by atoms with Crippen molar-refractivity contribution in [2.24, 2.45) is 5.92 Å². The molecule has 0 radical (unpaired) electrons. The van der Waals surface area contributed by atoms with Crippen LogP contribution in [-0.2, 0) is 20.9 Å². The van der Waals surface area contributed by atoms with E-state index in [2.05, 4.69) is 17.9 Å². The van der Waals surface area contributed by atoms with Crippen LogP contribution in [0.4, 0.5) is 5.82 Å². The number of pyridine rings is 1. The lowest BCUT2D eigenvalue weighted by Gasteiger charge is -2.35. The van der Waals surface area contributed by atoms with E-state index in [1.54, 1.807) is 23.3 Å². The molecule has 0 bridgehead atoms. The highest BCUT2D eigenvalue weighted by atomic mass is 32.2. The van der Waals surface area contributed by atoms with E-state index in [1.165, 1.54) is 11.8 Å². The number of unbranched alkanes of at least 4 members (excludes halogenated alkanes) is 1. The number of nitrogens with zero attached hydrogens (tertiary/aromatic N) is 4. The van der Waals surface area contributed by atoms with Gasteiger partial charge in [0, 0.05) is 31.2 Å². The standard InChI is InChI=1S/C28H36N4O4S2/c1-4-6-13-31-24(30-14-11-19(12-15-30)27(35)36-5-2)21(18(3)22(17-29)25(31)33)16-23-26(34)32(28(37)38-23)20-9-7-8-10-20/h16,19-20H,4-15H2,1-3H3/b23-16-.